The number of hydrogen-bond acceptors (Lipinski definition) is 1. The van der Waals surface area contributed by atoms with Gasteiger partial charge in [0.05, 0.1) is 38.6 Å². The zero-order valence-corrected chi connectivity index (χ0v) is 30.8. The molecule has 0 spiro atoms. The number of aromatic nitrogens is 4. The number of rotatable bonds is 3. The van der Waals surface area contributed by atoms with Crippen molar-refractivity contribution in [1.82, 2.24) is 18.5 Å². The number of hydrogen-bond donors (Lipinski definition) is 0. The molecular formula is C53H32N4. The van der Waals surface area contributed by atoms with Gasteiger partial charge in [-0.25, -0.2) is 4.98 Å². The fourth-order valence-electron chi connectivity index (χ4n) is 9.64. The largest absolute Gasteiger partial charge is 0.309 e. The Balaban J connectivity index is 1.16. The van der Waals surface area contributed by atoms with Crippen LogP contribution in [0.4, 0.5) is 0 Å². The molecule has 264 valence electrons. The molecule has 0 atom stereocenters. The minimum atomic E-state index is 0.978. The zero-order valence-electron chi connectivity index (χ0n) is 30.8. The van der Waals surface area contributed by atoms with E-state index in [9.17, 15) is 0 Å². The summed E-state index contributed by atoms with van der Waals surface area (Å²) in [4.78, 5) is 5.27. The monoisotopic (exact) mass is 724 g/mol. The number of benzene rings is 9. The first-order valence-corrected chi connectivity index (χ1v) is 19.5. The maximum absolute atomic E-state index is 5.27. The number of imidazole rings is 1. The van der Waals surface area contributed by atoms with Gasteiger partial charge in [-0.15, -0.1) is 0 Å². The number of fused-ring (bicyclic) bond motifs is 15. The molecule has 4 heteroatoms. The molecule has 9 aromatic carbocycles. The van der Waals surface area contributed by atoms with Crippen molar-refractivity contribution < 1.29 is 0 Å². The first-order chi connectivity index (χ1) is 28.3. The summed E-state index contributed by atoms with van der Waals surface area (Å²) in [6.07, 6.45) is 0. The molecule has 57 heavy (non-hydrogen) atoms. The van der Waals surface area contributed by atoms with E-state index in [-0.39, 0.29) is 0 Å². The highest BCUT2D eigenvalue weighted by molar-refractivity contribution is 6.18. The third-order valence-corrected chi connectivity index (χ3v) is 12.1. The topological polar surface area (TPSA) is 27.2 Å². The first kappa shape index (κ1) is 30.6. The fourth-order valence-corrected chi connectivity index (χ4v) is 9.64. The third kappa shape index (κ3) is 4.30. The van der Waals surface area contributed by atoms with Gasteiger partial charge >= 0.3 is 0 Å². The second-order valence-electron chi connectivity index (χ2n) is 15.2. The maximum atomic E-state index is 5.27. The molecule has 0 saturated carbocycles. The maximum Gasteiger partial charge on any atom is 0.146 e. The summed E-state index contributed by atoms with van der Waals surface area (Å²) >= 11 is 0. The Morgan fingerprint density at radius 1 is 0.298 bits per heavy atom. The van der Waals surface area contributed by atoms with E-state index in [0.29, 0.717) is 0 Å². The SMILES string of the molecule is c1ccc2cc3c(cc2c1)c1ccc(-c2cc(-n4c5ccccc5c5ccccc54)cc(-n4c5ccccc5c5ccccc54)c2)cc1n1c2ccccc2nc31. The Kier molecular flexibility index (Phi) is 6.13. The third-order valence-electron chi connectivity index (χ3n) is 12.1. The quantitative estimate of drug-likeness (QED) is 0.132. The van der Waals surface area contributed by atoms with Gasteiger partial charge in [-0.3, -0.25) is 4.40 Å². The van der Waals surface area contributed by atoms with Crippen LogP contribution in [0.3, 0.4) is 0 Å². The van der Waals surface area contributed by atoms with Crippen LogP contribution in [0.2, 0.25) is 0 Å². The van der Waals surface area contributed by atoms with Crippen molar-refractivity contribution >= 4 is 92.7 Å². The lowest BCUT2D eigenvalue weighted by Gasteiger charge is -2.17. The zero-order chi connectivity index (χ0) is 37.2. The van der Waals surface area contributed by atoms with E-state index in [1.54, 1.807) is 0 Å². The van der Waals surface area contributed by atoms with Crippen LogP contribution in [0.25, 0.3) is 115 Å². The Labute approximate surface area is 326 Å². The summed E-state index contributed by atoms with van der Waals surface area (Å²) in [5.74, 6) is 0. The van der Waals surface area contributed by atoms with E-state index in [4.69, 9.17) is 4.98 Å². The Hall–Kier alpha value is -7.69. The van der Waals surface area contributed by atoms with E-state index < -0.39 is 0 Å². The first-order valence-electron chi connectivity index (χ1n) is 19.5. The molecular weight excluding hydrogens is 693 g/mol. The van der Waals surface area contributed by atoms with Crippen molar-refractivity contribution in [3.63, 3.8) is 0 Å². The van der Waals surface area contributed by atoms with Crippen LogP contribution in [-0.2, 0) is 0 Å². The molecule has 0 radical (unpaired) electrons. The van der Waals surface area contributed by atoms with Gasteiger partial charge in [0.25, 0.3) is 0 Å². The number of pyridine rings is 1. The van der Waals surface area contributed by atoms with Gasteiger partial charge in [-0.1, -0.05) is 121 Å². The van der Waals surface area contributed by atoms with Crippen LogP contribution in [0, 0.1) is 0 Å². The number of para-hydroxylation sites is 6. The van der Waals surface area contributed by atoms with Crippen LogP contribution in [0.5, 0.6) is 0 Å². The molecule has 0 aliphatic carbocycles. The standard InChI is InChI=1S/C53H32N4/c1-2-14-34-30-45-44(29-33(34)13-1)43-26-25-35(31-52(43)57-51-24-12-7-19-46(51)54-53(45)57)36-27-37(55-47-20-8-3-15-39(47)40-16-4-9-21-48(40)55)32-38(28-36)56-49-22-10-5-17-41(49)42-18-6-11-23-50(42)56/h1-32H. The highest BCUT2D eigenvalue weighted by atomic mass is 15.0. The second-order valence-corrected chi connectivity index (χ2v) is 15.2. The fraction of sp³-hybridized carbons (Fsp3) is 0. The van der Waals surface area contributed by atoms with Gasteiger partial charge in [-0.05, 0) is 100 Å². The van der Waals surface area contributed by atoms with Crippen molar-refractivity contribution in [3.8, 4) is 22.5 Å². The Bertz CT molecular complexity index is 3580. The van der Waals surface area contributed by atoms with Gasteiger partial charge in [-0.2, -0.15) is 0 Å². The summed E-state index contributed by atoms with van der Waals surface area (Å²) in [5.41, 5.74) is 13.5. The van der Waals surface area contributed by atoms with Crippen molar-refractivity contribution in [2.45, 2.75) is 0 Å². The second kappa shape index (κ2) is 11.4. The minimum Gasteiger partial charge on any atom is -0.309 e. The molecule has 0 aliphatic rings. The summed E-state index contributed by atoms with van der Waals surface area (Å²) in [7, 11) is 0. The average molecular weight is 725 g/mol. The molecule has 0 bridgehead atoms. The van der Waals surface area contributed by atoms with Crippen LogP contribution in [-0.4, -0.2) is 18.5 Å². The summed E-state index contributed by atoms with van der Waals surface area (Å²) in [6, 6.07) is 71.0. The molecule has 13 aromatic rings. The van der Waals surface area contributed by atoms with E-state index in [2.05, 4.69) is 208 Å². The highest BCUT2D eigenvalue weighted by Gasteiger charge is 2.19. The normalized spacial score (nSPS) is 12.2. The van der Waals surface area contributed by atoms with Crippen molar-refractivity contribution in [2.24, 2.45) is 0 Å². The van der Waals surface area contributed by atoms with Crippen LogP contribution in [0.1, 0.15) is 0 Å². The van der Waals surface area contributed by atoms with Gasteiger partial charge in [0.2, 0.25) is 0 Å². The van der Waals surface area contributed by atoms with Crippen LogP contribution in [0.15, 0.2) is 194 Å². The molecule has 0 aliphatic heterocycles. The molecule has 4 heterocycles. The highest BCUT2D eigenvalue weighted by Crippen LogP contribution is 2.40. The lowest BCUT2D eigenvalue weighted by molar-refractivity contribution is 1.13. The molecule has 4 aromatic heterocycles. The molecule has 0 amide bonds. The molecule has 13 rings (SSSR count). The van der Waals surface area contributed by atoms with E-state index in [1.165, 1.54) is 65.2 Å². The molecule has 4 nitrogen and oxygen atoms in total. The van der Waals surface area contributed by atoms with E-state index in [0.717, 1.165) is 50.1 Å². The Morgan fingerprint density at radius 2 is 0.754 bits per heavy atom. The van der Waals surface area contributed by atoms with Gasteiger partial charge in [0, 0.05) is 43.7 Å². The lowest BCUT2D eigenvalue weighted by Crippen LogP contribution is -2.00. The van der Waals surface area contributed by atoms with Crippen LogP contribution < -0.4 is 0 Å². The van der Waals surface area contributed by atoms with Gasteiger partial charge < -0.3 is 9.13 Å². The average Bonchev–Trinajstić information content (AvgIpc) is 3.94. The Morgan fingerprint density at radius 3 is 1.32 bits per heavy atom. The number of nitrogens with zero attached hydrogens (tertiary/aromatic N) is 4. The minimum absolute atomic E-state index is 0.978. The van der Waals surface area contributed by atoms with Crippen molar-refractivity contribution in [3.05, 3.63) is 194 Å². The summed E-state index contributed by atoms with van der Waals surface area (Å²) in [6.45, 7) is 0. The summed E-state index contributed by atoms with van der Waals surface area (Å²) in [5, 5.41) is 11.0. The van der Waals surface area contributed by atoms with E-state index in [1.807, 2.05) is 0 Å². The summed E-state index contributed by atoms with van der Waals surface area (Å²) < 4.78 is 7.25. The van der Waals surface area contributed by atoms with Crippen LogP contribution >= 0.6 is 0 Å². The van der Waals surface area contributed by atoms with Crippen molar-refractivity contribution in [1.29, 1.82) is 0 Å². The van der Waals surface area contributed by atoms with Gasteiger partial charge in [0.15, 0.2) is 0 Å². The molecule has 0 unspecified atom stereocenters. The molecule has 0 fully saturated rings. The predicted octanol–water partition coefficient (Wildman–Crippen LogP) is 13.8. The van der Waals surface area contributed by atoms with Gasteiger partial charge in [0.1, 0.15) is 5.65 Å². The smallest absolute Gasteiger partial charge is 0.146 e. The molecule has 0 N–H and O–H groups in total. The lowest BCUT2D eigenvalue weighted by atomic mass is 9.97. The van der Waals surface area contributed by atoms with E-state index >= 15 is 0 Å². The van der Waals surface area contributed by atoms with Crippen molar-refractivity contribution in [2.75, 3.05) is 0 Å². The predicted molar refractivity (Wildman–Crippen MR) is 239 cm³/mol. The molecule has 0 saturated heterocycles.